The van der Waals surface area contributed by atoms with E-state index in [0.29, 0.717) is 38.8 Å². The number of ether oxygens (including phenoxy) is 1. The Balaban J connectivity index is 1.34. The zero-order valence-corrected chi connectivity index (χ0v) is 20.2. The molecule has 1 aromatic carbocycles. The first kappa shape index (κ1) is 23.4. The lowest BCUT2D eigenvalue weighted by atomic mass is 9.76. The molecule has 8 nitrogen and oxygen atoms in total. The van der Waals surface area contributed by atoms with E-state index in [1.165, 1.54) is 7.11 Å². The topological polar surface area (TPSA) is 104 Å². The summed E-state index contributed by atoms with van der Waals surface area (Å²) in [5.41, 5.74) is 2.49. The lowest BCUT2D eigenvalue weighted by Gasteiger charge is -2.36. The molecule has 2 aliphatic carbocycles. The average molecular weight is 477 g/mol. The summed E-state index contributed by atoms with van der Waals surface area (Å²) in [7, 11) is 1.40. The fraction of sp³-hybridized carbons (Fsp3) is 0.556. The van der Waals surface area contributed by atoms with E-state index in [9.17, 15) is 19.6 Å². The van der Waals surface area contributed by atoms with E-state index in [1.54, 1.807) is 0 Å². The Morgan fingerprint density at radius 3 is 2.71 bits per heavy atom. The van der Waals surface area contributed by atoms with Gasteiger partial charge in [0.05, 0.1) is 13.2 Å². The molecule has 8 heteroatoms. The van der Waals surface area contributed by atoms with Crippen LogP contribution in [0.4, 0.5) is 0 Å². The van der Waals surface area contributed by atoms with Gasteiger partial charge in [-0.25, -0.2) is 0 Å². The molecule has 2 saturated carbocycles. The number of nitriles is 1. The second-order valence-corrected chi connectivity index (χ2v) is 10.2. The molecule has 1 aliphatic heterocycles. The van der Waals surface area contributed by atoms with E-state index in [1.807, 2.05) is 33.7 Å². The quantitative estimate of drug-likeness (QED) is 0.646. The number of rotatable bonds is 6. The third kappa shape index (κ3) is 4.52. The Morgan fingerprint density at radius 2 is 1.97 bits per heavy atom. The second kappa shape index (κ2) is 9.37. The van der Waals surface area contributed by atoms with E-state index < -0.39 is 5.54 Å². The Kier molecular flexibility index (Phi) is 6.26. The second-order valence-electron chi connectivity index (χ2n) is 10.2. The molecule has 2 fully saturated rings. The standard InChI is InChI=1S/C27H32N4O4/c1-35-25(33)16-31-22-9-5-4-8-20(22)21-15-30(13-10-23(21)31)26(34)19-7-3-2-6-18(19)14-24(32)29-27(17-28)11-12-27/h4-5,8-9,18-19H,2-3,6-7,10-16H2,1H3,(H,29,32)/t18-,19-/m1/s1. The Morgan fingerprint density at radius 1 is 1.20 bits per heavy atom. The first-order chi connectivity index (χ1) is 16.9. The van der Waals surface area contributed by atoms with Crippen molar-refractivity contribution in [1.29, 1.82) is 5.26 Å². The molecular weight excluding hydrogens is 444 g/mol. The first-order valence-corrected chi connectivity index (χ1v) is 12.6. The van der Waals surface area contributed by atoms with Crippen molar-refractivity contribution in [3.05, 3.63) is 35.5 Å². The van der Waals surface area contributed by atoms with Gasteiger partial charge in [-0.2, -0.15) is 5.26 Å². The predicted molar refractivity (Wildman–Crippen MR) is 129 cm³/mol. The van der Waals surface area contributed by atoms with Crippen molar-refractivity contribution in [2.45, 2.75) is 70.0 Å². The molecule has 2 heterocycles. The molecular formula is C27H32N4O4. The molecule has 0 bridgehead atoms. The van der Waals surface area contributed by atoms with Gasteiger partial charge in [0.15, 0.2) is 0 Å². The third-order valence-electron chi connectivity index (χ3n) is 8.00. The molecule has 5 rings (SSSR count). The van der Waals surface area contributed by atoms with E-state index >= 15 is 0 Å². The highest BCUT2D eigenvalue weighted by Crippen LogP contribution is 2.38. The highest BCUT2D eigenvalue weighted by molar-refractivity contribution is 5.88. The summed E-state index contributed by atoms with van der Waals surface area (Å²) in [6.07, 6.45) is 6.08. The summed E-state index contributed by atoms with van der Waals surface area (Å²) >= 11 is 0. The number of nitrogens with one attached hydrogen (secondary N) is 1. The van der Waals surface area contributed by atoms with Gasteiger partial charge in [-0.05, 0) is 37.7 Å². The minimum atomic E-state index is -0.674. The molecule has 0 radical (unpaired) electrons. The van der Waals surface area contributed by atoms with Gasteiger partial charge in [-0.3, -0.25) is 14.4 Å². The fourth-order valence-electron chi connectivity index (χ4n) is 5.92. The number of benzene rings is 1. The van der Waals surface area contributed by atoms with Crippen LogP contribution in [0.15, 0.2) is 24.3 Å². The summed E-state index contributed by atoms with van der Waals surface area (Å²) in [6.45, 7) is 1.26. The van der Waals surface area contributed by atoms with Gasteiger partial charge in [-0.1, -0.05) is 31.0 Å². The maximum atomic E-state index is 13.7. The van der Waals surface area contributed by atoms with Crippen LogP contribution < -0.4 is 5.32 Å². The molecule has 0 spiro atoms. The number of amides is 2. The third-order valence-corrected chi connectivity index (χ3v) is 8.00. The van der Waals surface area contributed by atoms with Crippen molar-refractivity contribution in [3.8, 4) is 6.07 Å². The van der Waals surface area contributed by atoms with Crippen molar-refractivity contribution in [2.24, 2.45) is 11.8 Å². The molecule has 35 heavy (non-hydrogen) atoms. The molecule has 0 saturated heterocycles. The van der Waals surface area contributed by atoms with Crippen LogP contribution in [0.25, 0.3) is 10.9 Å². The van der Waals surface area contributed by atoms with Gasteiger partial charge < -0.3 is 19.5 Å². The minimum absolute atomic E-state index is 0.00723. The van der Waals surface area contributed by atoms with Crippen molar-refractivity contribution in [2.75, 3.05) is 13.7 Å². The van der Waals surface area contributed by atoms with Gasteiger partial charge in [0.1, 0.15) is 12.1 Å². The average Bonchev–Trinajstić information content (AvgIpc) is 3.59. The van der Waals surface area contributed by atoms with Gasteiger partial charge in [0, 0.05) is 54.0 Å². The molecule has 2 atom stereocenters. The summed E-state index contributed by atoms with van der Waals surface area (Å²) in [4.78, 5) is 40.4. The van der Waals surface area contributed by atoms with Gasteiger partial charge in [0.2, 0.25) is 11.8 Å². The Labute approximate surface area is 205 Å². The maximum absolute atomic E-state index is 13.7. The molecule has 1 N–H and O–H groups in total. The number of para-hydroxylation sites is 1. The number of esters is 1. The number of carbonyl (C=O) groups excluding carboxylic acids is 3. The van der Waals surface area contributed by atoms with Crippen LogP contribution in [-0.4, -0.2) is 46.4 Å². The van der Waals surface area contributed by atoms with Crippen LogP contribution in [0, 0.1) is 23.2 Å². The van der Waals surface area contributed by atoms with E-state index in [0.717, 1.165) is 47.8 Å². The number of hydrogen-bond acceptors (Lipinski definition) is 5. The Bertz CT molecular complexity index is 1210. The summed E-state index contributed by atoms with van der Waals surface area (Å²) < 4.78 is 6.93. The lowest BCUT2D eigenvalue weighted by molar-refractivity contribution is -0.142. The zero-order valence-electron chi connectivity index (χ0n) is 20.2. The zero-order chi connectivity index (χ0) is 24.6. The maximum Gasteiger partial charge on any atom is 0.325 e. The molecule has 0 unspecified atom stereocenters. The van der Waals surface area contributed by atoms with Crippen molar-refractivity contribution in [1.82, 2.24) is 14.8 Å². The van der Waals surface area contributed by atoms with E-state index in [4.69, 9.17) is 4.74 Å². The smallest absolute Gasteiger partial charge is 0.325 e. The molecule has 184 valence electrons. The van der Waals surface area contributed by atoms with Crippen LogP contribution in [0.2, 0.25) is 0 Å². The van der Waals surface area contributed by atoms with Gasteiger partial charge in [-0.15, -0.1) is 0 Å². The summed E-state index contributed by atoms with van der Waals surface area (Å²) in [5.74, 6) is -0.441. The summed E-state index contributed by atoms with van der Waals surface area (Å²) in [5, 5.41) is 13.2. The molecule has 1 aromatic heterocycles. The SMILES string of the molecule is COC(=O)Cn1c2c(c3ccccc31)CN(C(=O)[C@@H]1CCCC[C@@H]1CC(=O)NC1(C#N)CC1)CC2. The highest BCUT2D eigenvalue weighted by Gasteiger charge is 2.45. The Hall–Kier alpha value is -3.34. The monoisotopic (exact) mass is 476 g/mol. The molecule has 3 aliphatic rings. The number of methoxy groups -OCH3 is 1. The van der Waals surface area contributed by atoms with Crippen LogP contribution in [-0.2, 0) is 38.6 Å². The van der Waals surface area contributed by atoms with E-state index in [-0.39, 0.29) is 36.2 Å². The van der Waals surface area contributed by atoms with Crippen molar-refractivity contribution in [3.63, 3.8) is 0 Å². The predicted octanol–water partition coefficient (Wildman–Crippen LogP) is 3.07. The van der Waals surface area contributed by atoms with Crippen molar-refractivity contribution < 1.29 is 19.1 Å². The minimum Gasteiger partial charge on any atom is -0.468 e. The molecule has 2 aromatic rings. The number of carbonyl (C=O) groups is 3. The number of nitrogens with zero attached hydrogens (tertiary/aromatic N) is 3. The van der Waals surface area contributed by atoms with Crippen LogP contribution in [0.5, 0.6) is 0 Å². The molecule has 2 amide bonds. The summed E-state index contributed by atoms with van der Waals surface area (Å²) in [6, 6.07) is 10.2. The largest absolute Gasteiger partial charge is 0.468 e. The normalized spacial score (nSPS) is 22.7. The number of aromatic nitrogens is 1. The highest BCUT2D eigenvalue weighted by atomic mass is 16.5. The van der Waals surface area contributed by atoms with Crippen LogP contribution in [0.3, 0.4) is 0 Å². The van der Waals surface area contributed by atoms with Gasteiger partial charge in [0.25, 0.3) is 0 Å². The van der Waals surface area contributed by atoms with Crippen LogP contribution >= 0.6 is 0 Å². The van der Waals surface area contributed by atoms with Gasteiger partial charge >= 0.3 is 5.97 Å². The number of hydrogen-bond donors (Lipinski definition) is 1. The lowest BCUT2D eigenvalue weighted by Crippen LogP contribution is -2.44. The number of fused-ring (bicyclic) bond motifs is 3. The van der Waals surface area contributed by atoms with E-state index in [2.05, 4.69) is 11.4 Å². The van der Waals surface area contributed by atoms with Crippen molar-refractivity contribution >= 4 is 28.7 Å². The fourth-order valence-corrected chi connectivity index (χ4v) is 5.92. The van der Waals surface area contributed by atoms with Crippen LogP contribution in [0.1, 0.15) is 56.2 Å². The first-order valence-electron chi connectivity index (χ1n) is 12.6.